The number of nitrogens with two attached hydrogens (primary N) is 1. The number of likely N-dealkylation sites (tertiary alicyclic amines) is 1. The fraction of sp³-hybridized carbons (Fsp3) is 0.636. The molecule has 1 fully saturated rings. The number of thiazole rings is 1. The summed E-state index contributed by atoms with van der Waals surface area (Å²) >= 11 is 1.34. The highest BCUT2D eigenvalue weighted by molar-refractivity contribution is 7.87. The predicted octanol–water partition coefficient (Wildman–Crippen LogP) is 0.0968. The fourth-order valence-electron chi connectivity index (χ4n) is 2.30. The van der Waals surface area contributed by atoms with Crippen LogP contribution in [0.25, 0.3) is 0 Å². The maximum atomic E-state index is 12.4. The maximum Gasteiger partial charge on any atom is 0.274 e. The van der Waals surface area contributed by atoms with E-state index in [-0.39, 0.29) is 18.4 Å². The molecule has 2 rings (SSSR count). The molecule has 0 spiro atoms. The smallest absolute Gasteiger partial charge is 0.274 e. The summed E-state index contributed by atoms with van der Waals surface area (Å²) in [4.78, 5) is 18.9. The monoisotopic (exact) mass is 318 g/mol. The van der Waals surface area contributed by atoms with Crippen LogP contribution in [0.3, 0.4) is 0 Å². The van der Waals surface area contributed by atoms with E-state index >= 15 is 0 Å². The Balaban J connectivity index is 1.97. The van der Waals surface area contributed by atoms with Crippen LogP contribution in [-0.2, 0) is 10.2 Å². The van der Waals surface area contributed by atoms with E-state index in [0.717, 1.165) is 18.5 Å². The van der Waals surface area contributed by atoms with E-state index in [9.17, 15) is 13.2 Å². The van der Waals surface area contributed by atoms with Gasteiger partial charge in [0, 0.05) is 19.6 Å². The highest BCUT2D eigenvalue weighted by atomic mass is 32.2. The first-order valence-electron chi connectivity index (χ1n) is 6.33. The summed E-state index contributed by atoms with van der Waals surface area (Å²) in [6.07, 6.45) is 1.74. The molecule has 1 saturated heterocycles. The molecule has 1 aliphatic heterocycles. The molecule has 0 radical (unpaired) electrons. The van der Waals surface area contributed by atoms with E-state index in [1.807, 2.05) is 6.92 Å². The standard InChI is InChI=1S/C11H18N4O3S2/c1-8-10(19-7-13-8)11(16)15-4-2-3-9(6-15)5-14-20(12,17)18/h7,9,14H,2-6H2,1H3,(H2,12,17,18). The maximum absolute atomic E-state index is 12.4. The molecule has 1 amide bonds. The minimum atomic E-state index is -3.67. The molecule has 0 aromatic carbocycles. The Labute approximate surface area is 122 Å². The second-order valence-corrected chi connectivity index (χ2v) is 7.15. The predicted molar refractivity (Wildman–Crippen MR) is 76.6 cm³/mol. The minimum absolute atomic E-state index is 0.0229. The first kappa shape index (κ1) is 15.4. The molecular weight excluding hydrogens is 300 g/mol. The van der Waals surface area contributed by atoms with Gasteiger partial charge >= 0.3 is 0 Å². The van der Waals surface area contributed by atoms with Gasteiger partial charge in [-0.15, -0.1) is 11.3 Å². The summed E-state index contributed by atoms with van der Waals surface area (Å²) in [7, 11) is -3.67. The first-order chi connectivity index (χ1) is 9.37. The van der Waals surface area contributed by atoms with E-state index in [2.05, 4.69) is 9.71 Å². The van der Waals surface area contributed by atoms with Gasteiger partial charge < -0.3 is 4.90 Å². The molecule has 1 aromatic heterocycles. The zero-order valence-electron chi connectivity index (χ0n) is 11.2. The van der Waals surface area contributed by atoms with Crippen molar-refractivity contribution in [1.29, 1.82) is 0 Å². The molecule has 9 heteroatoms. The number of aromatic nitrogens is 1. The number of amides is 1. The second-order valence-electron chi connectivity index (χ2n) is 4.92. The molecular formula is C11H18N4O3S2. The average Bonchev–Trinajstić information content (AvgIpc) is 2.81. The molecule has 112 valence electrons. The van der Waals surface area contributed by atoms with Crippen LogP contribution >= 0.6 is 11.3 Å². The Morgan fingerprint density at radius 3 is 3.00 bits per heavy atom. The Morgan fingerprint density at radius 2 is 2.40 bits per heavy atom. The number of carbonyl (C=O) groups is 1. The first-order valence-corrected chi connectivity index (χ1v) is 8.76. The van der Waals surface area contributed by atoms with Crippen molar-refractivity contribution in [3.8, 4) is 0 Å². The van der Waals surface area contributed by atoms with Gasteiger partial charge in [-0.2, -0.15) is 8.42 Å². The van der Waals surface area contributed by atoms with Gasteiger partial charge in [0.25, 0.3) is 16.1 Å². The summed E-state index contributed by atoms with van der Waals surface area (Å²) in [6.45, 7) is 3.32. The van der Waals surface area contributed by atoms with Gasteiger partial charge in [0.1, 0.15) is 4.88 Å². The summed E-state index contributed by atoms with van der Waals surface area (Å²) in [5.41, 5.74) is 2.40. The number of nitrogens with zero attached hydrogens (tertiary/aromatic N) is 2. The number of piperidine rings is 1. The minimum Gasteiger partial charge on any atom is -0.338 e. The molecule has 0 saturated carbocycles. The normalized spacial score (nSPS) is 20.1. The van der Waals surface area contributed by atoms with Crippen LogP contribution in [0.15, 0.2) is 5.51 Å². The Bertz CT molecular complexity index is 584. The van der Waals surface area contributed by atoms with E-state index in [1.165, 1.54) is 11.3 Å². The van der Waals surface area contributed by atoms with Crippen LogP contribution in [-0.4, -0.2) is 43.8 Å². The van der Waals surface area contributed by atoms with E-state index in [4.69, 9.17) is 5.14 Å². The Kier molecular flexibility index (Phi) is 4.74. The zero-order chi connectivity index (χ0) is 14.8. The average molecular weight is 318 g/mol. The highest BCUT2D eigenvalue weighted by Crippen LogP contribution is 2.21. The lowest BCUT2D eigenvalue weighted by atomic mass is 9.98. The van der Waals surface area contributed by atoms with Gasteiger partial charge in [-0.05, 0) is 25.7 Å². The molecule has 3 N–H and O–H groups in total. The van der Waals surface area contributed by atoms with Gasteiger partial charge in [-0.3, -0.25) is 4.79 Å². The lowest BCUT2D eigenvalue weighted by Crippen LogP contribution is -2.44. The molecule has 0 aliphatic carbocycles. The lowest BCUT2D eigenvalue weighted by Gasteiger charge is -2.32. The third-order valence-corrected chi connectivity index (χ3v) is 4.80. The largest absolute Gasteiger partial charge is 0.338 e. The highest BCUT2D eigenvalue weighted by Gasteiger charge is 2.26. The Hall–Kier alpha value is -1.03. The lowest BCUT2D eigenvalue weighted by molar-refractivity contribution is 0.0680. The number of carbonyl (C=O) groups excluding carboxylic acids is 1. The molecule has 2 heterocycles. The topological polar surface area (TPSA) is 105 Å². The third-order valence-electron chi connectivity index (χ3n) is 3.32. The molecule has 20 heavy (non-hydrogen) atoms. The van der Waals surface area contributed by atoms with Crippen LogP contribution in [0.4, 0.5) is 0 Å². The van der Waals surface area contributed by atoms with Crippen molar-refractivity contribution < 1.29 is 13.2 Å². The molecule has 1 aliphatic rings. The van der Waals surface area contributed by atoms with Gasteiger partial charge in [-0.25, -0.2) is 14.8 Å². The third kappa shape index (κ3) is 3.98. The van der Waals surface area contributed by atoms with Crippen molar-refractivity contribution in [2.45, 2.75) is 19.8 Å². The number of aryl methyl sites for hydroxylation is 1. The number of hydrogen-bond donors (Lipinski definition) is 2. The second kappa shape index (κ2) is 6.17. The SMILES string of the molecule is Cc1ncsc1C(=O)N1CCCC(CNS(N)(=O)=O)C1. The van der Waals surface area contributed by atoms with Gasteiger partial charge in [-0.1, -0.05) is 0 Å². The number of rotatable bonds is 4. The van der Waals surface area contributed by atoms with Crippen molar-refractivity contribution in [1.82, 2.24) is 14.6 Å². The molecule has 0 bridgehead atoms. The van der Waals surface area contributed by atoms with Crippen molar-refractivity contribution in [2.75, 3.05) is 19.6 Å². The fourth-order valence-corrected chi connectivity index (χ4v) is 3.54. The van der Waals surface area contributed by atoms with Gasteiger partial charge in [0.05, 0.1) is 11.2 Å². The van der Waals surface area contributed by atoms with Crippen molar-refractivity contribution in [2.24, 2.45) is 11.1 Å². The summed E-state index contributed by atoms with van der Waals surface area (Å²) in [5.74, 6) is 0.0737. The van der Waals surface area contributed by atoms with Crippen molar-refractivity contribution in [3.63, 3.8) is 0 Å². The van der Waals surface area contributed by atoms with Crippen LogP contribution in [0.2, 0.25) is 0 Å². The van der Waals surface area contributed by atoms with Crippen molar-refractivity contribution in [3.05, 3.63) is 16.1 Å². The number of nitrogens with one attached hydrogen (secondary N) is 1. The van der Waals surface area contributed by atoms with Gasteiger partial charge in [0.15, 0.2) is 0 Å². The van der Waals surface area contributed by atoms with Crippen molar-refractivity contribution >= 4 is 27.5 Å². The molecule has 1 aromatic rings. The number of hydrogen-bond acceptors (Lipinski definition) is 5. The quantitative estimate of drug-likeness (QED) is 0.821. The summed E-state index contributed by atoms with van der Waals surface area (Å²) < 4.78 is 24.1. The van der Waals surface area contributed by atoms with E-state index in [0.29, 0.717) is 18.0 Å². The van der Waals surface area contributed by atoms with E-state index in [1.54, 1.807) is 10.4 Å². The summed E-state index contributed by atoms with van der Waals surface area (Å²) in [6, 6.07) is 0. The zero-order valence-corrected chi connectivity index (χ0v) is 12.8. The summed E-state index contributed by atoms with van der Waals surface area (Å²) in [5, 5.41) is 4.92. The van der Waals surface area contributed by atoms with Crippen LogP contribution in [0.1, 0.15) is 28.2 Å². The molecule has 7 nitrogen and oxygen atoms in total. The van der Waals surface area contributed by atoms with Crippen LogP contribution in [0, 0.1) is 12.8 Å². The van der Waals surface area contributed by atoms with E-state index < -0.39 is 10.2 Å². The Morgan fingerprint density at radius 1 is 1.65 bits per heavy atom. The molecule has 1 atom stereocenters. The van der Waals surface area contributed by atoms with Crippen LogP contribution < -0.4 is 9.86 Å². The van der Waals surface area contributed by atoms with Gasteiger partial charge in [0.2, 0.25) is 0 Å². The van der Waals surface area contributed by atoms with Crippen LogP contribution in [0.5, 0.6) is 0 Å². The molecule has 1 unspecified atom stereocenters.